The monoisotopic (exact) mass is 506 g/mol. The predicted molar refractivity (Wildman–Crippen MR) is 132 cm³/mol. The number of thioether (sulfide) groups is 1. The molecule has 0 saturated carbocycles. The van der Waals surface area contributed by atoms with Crippen LogP contribution in [0.1, 0.15) is 12.0 Å². The van der Waals surface area contributed by atoms with Gasteiger partial charge < -0.3 is 5.32 Å². The maximum atomic E-state index is 13.9. The number of nitrogens with one attached hydrogen (secondary N) is 1. The minimum absolute atomic E-state index is 0.0241. The normalized spacial score (nSPS) is 11.2. The summed E-state index contributed by atoms with van der Waals surface area (Å²) in [5.41, 5.74) is 1.06. The van der Waals surface area contributed by atoms with Gasteiger partial charge in [0.05, 0.1) is 10.6 Å². The van der Waals surface area contributed by atoms with Crippen LogP contribution in [0.3, 0.4) is 0 Å². The van der Waals surface area contributed by atoms with E-state index in [2.05, 4.69) is 5.32 Å². The Morgan fingerprint density at radius 3 is 2.45 bits per heavy atom. The Labute approximate surface area is 203 Å². The predicted octanol–water partition coefficient (Wildman–Crippen LogP) is 5.15. The molecule has 0 aliphatic rings. The molecule has 0 aliphatic heterocycles. The van der Waals surface area contributed by atoms with Gasteiger partial charge in [0.15, 0.2) is 0 Å². The van der Waals surface area contributed by atoms with Crippen LogP contribution in [0.15, 0.2) is 82.6 Å². The third-order valence-corrected chi connectivity index (χ3v) is 7.83. The van der Waals surface area contributed by atoms with Crippen molar-refractivity contribution in [2.24, 2.45) is 0 Å². The van der Waals surface area contributed by atoms with Gasteiger partial charge in [-0.15, -0.1) is 11.8 Å². The van der Waals surface area contributed by atoms with Crippen molar-refractivity contribution in [2.45, 2.75) is 22.6 Å². The average Bonchev–Trinajstić information content (AvgIpc) is 2.81. The zero-order chi connectivity index (χ0) is 23.8. The molecule has 0 atom stereocenters. The second-order valence-corrected chi connectivity index (χ2v) is 10.4. The van der Waals surface area contributed by atoms with Crippen molar-refractivity contribution in [1.82, 2.24) is 5.32 Å². The number of carbonyl (C=O) groups excluding carboxylic acids is 1. The number of hydrogen-bond donors (Lipinski definition) is 1. The van der Waals surface area contributed by atoms with Gasteiger partial charge in [-0.25, -0.2) is 12.8 Å². The van der Waals surface area contributed by atoms with Gasteiger partial charge >= 0.3 is 0 Å². The number of hydrogen-bond acceptors (Lipinski definition) is 4. The molecule has 3 aromatic carbocycles. The maximum absolute atomic E-state index is 13.9. The van der Waals surface area contributed by atoms with E-state index < -0.39 is 28.3 Å². The summed E-state index contributed by atoms with van der Waals surface area (Å²) in [4.78, 5) is 13.6. The van der Waals surface area contributed by atoms with E-state index in [4.69, 9.17) is 11.6 Å². The molecular weight excluding hydrogens is 483 g/mol. The molecule has 0 aromatic heterocycles. The molecule has 0 radical (unpaired) electrons. The number of halogens is 2. The van der Waals surface area contributed by atoms with Crippen molar-refractivity contribution in [1.29, 1.82) is 0 Å². The van der Waals surface area contributed by atoms with Gasteiger partial charge in [-0.3, -0.25) is 9.10 Å². The number of aryl methyl sites for hydroxylation is 1. The average molecular weight is 507 g/mol. The Morgan fingerprint density at radius 1 is 1.06 bits per heavy atom. The minimum Gasteiger partial charge on any atom is -0.355 e. The van der Waals surface area contributed by atoms with Gasteiger partial charge in [-0.1, -0.05) is 35.9 Å². The number of amides is 1. The fourth-order valence-electron chi connectivity index (χ4n) is 3.22. The molecule has 9 heteroatoms. The van der Waals surface area contributed by atoms with Gasteiger partial charge in [-0.2, -0.15) is 0 Å². The largest absolute Gasteiger partial charge is 0.355 e. The third kappa shape index (κ3) is 6.72. The topological polar surface area (TPSA) is 66.5 Å². The van der Waals surface area contributed by atoms with Gasteiger partial charge in [-0.05, 0) is 73.2 Å². The highest BCUT2D eigenvalue weighted by Crippen LogP contribution is 2.26. The van der Waals surface area contributed by atoms with E-state index in [0.717, 1.165) is 20.8 Å². The summed E-state index contributed by atoms with van der Waals surface area (Å²) in [6, 6.07) is 19.0. The summed E-state index contributed by atoms with van der Waals surface area (Å²) in [6.07, 6.45) is 3.20. The SMILES string of the molecule is CSc1ccc(S(=O)(=O)N(CC(=O)NCCCc2ccccc2Cl)c2cccc(F)c2)cc1. The number of rotatable bonds is 10. The molecule has 0 spiro atoms. The number of anilines is 1. The van der Waals surface area contributed by atoms with Gasteiger partial charge in [0.25, 0.3) is 10.0 Å². The van der Waals surface area contributed by atoms with Crippen LogP contribution < -0.4 is 9.62 Å². The fourth-order valence-corrected chi connectivity index (χ4v) is 5.27. The molecule has 33 heavy (non-hydrogen) atoms. The zero-order valence-corrected chi connectivity index (χ0v) is 20.4. The maximum Gasteiger partial charge on any atom is 0.264 e. The van der Waals surface area contributed by atoms with Crippen LogP contribution in [0.4, 0.5) is 10.1 Å². The summed E-state index contributed by atoms with van der Waals surface area (Å²) in [7, 11) is -4.09. The number of carbonyl (C=O) groups is 1. The van der Waals surface area contributed by atoms with Crippen LogP contribution in [-0.2, 0) is 21.2 Å². The van der Waals surface area contributed by atoms with Crippen molar-refractivity contribution in [3.8, 4) is 0 Å². The number of sulfonamides is 1. The first-order valence-electron chi connectivity index (χ1n) is 10.2. The van der Waals surface area contributed by atoms with Gasteiger partial charge in [0, 0.05) is 16.5 Å². The molecule has 0 heterocycles. The van der Waals surface area contributed by atoms with Crippen molar-refractivity contribution < 1.29 is 17.6 Å². The standard InChI is InChI=1S/C24H24ClFN2O3S2/c1-32-21-11-13-22(14-12-21)33(30,31)28(20-9-4-8-19(26)16-20)17-24(29)27-15-5-7-18-6-2-3-10-23(18)25/h2-4,6,8-14,16H,5,7,15,17H2,1H3,(H,27,29). The van der Waals surface area contributed by atoms with Crippen LogP contribution in [0, 0.1) is 5.82 Å². The van der Waals surface area contributed by atoms with Crippen LogP contribution in [-0.4, -0.2) is 33.7 Å². The first-order valence-corrected chi connectivity index (χ1v) is 13.3. The minimum atomic E-state index is -4.09. The lowest BCUT2D eigenvalue weighted by Crippen LogP contribution is -2.41. The van der Waals surface area contributed by atoms with Crippen molar-refractivity contribution >= 4 is 45.0 Å². The Kier molecular flexibility index (Phi) is 8.77. The summed E-state index contributed by atoms with van der Waals surface area (Å²) in [6.45, 7) is -0.119. The first-order chi connectivity index (χ1) is 15.8. The zero-order valence-electron chi connectivity index (χ0n) is 18.0. The summed E-state index contributed by atoms with van der Waals surface area (Å²) in [5, 5.41) is 3.41. The first kappa shape index (κ1) is 25.1. The van der Waals surface area contributed by atoms with Crippen molar-refractivity contribution in [3.63, 3.8) is 0 Å². The van der Waals surface area contributed by atoms with Crippen LogP contribution >= 0.6 is 23.4 Å². The lowest BCUT2D eigenvalue weighted by molar-refractivity contribution is -0.119. The molecule has 3 rings (SSSR count). The highest BCUT2D eigenvalue weighted by atomic mass is 35.5. The van der Waals surface area contributed by atoms with Gasteiger partial charge in [0.2, 0.25) is 5.91 Å². The molecule has 0 saturated heterocycles. The second-order valence-electron chi connectivity index (χ2n) is 7.21. The summed E-state index contributed by atoms with van der Waals surface area (Å²) >= 11 is 7.64. The number of nitrogens with zero attached hydrogens (tertiary/aromatic N) is 1. The molecule has 1 amide bonds. The second kappa shape index (κ2) is 11.5. The molecule has 1 N–H and O–H groups in total. The lowest BCUT2D eigenvalue weighted by Gasteiger charge is -2.24. The van der Waals surface area contributed by atoms with E-state index >= 15 is 0 Å². The fraction of sp³-hybridized carbons (Fsp3) is 0.208. The van der Waals surface area contributed by atoms with E-state index in [-0.39, 0.29) is 10.6 Å². The number of benzene rings is 3. The summed E-state index contributed by atoms with van der Waals surface area (Å²) < 4.78 is 41.5. The Hall–Kier alpha value is -2.55. The van der Waals surface area contributed by atoms with Crippen LogP contribution in [0.5, 0.6) is 0 Å². The molecule has 0 bridgehead atoms. The van der Waals surface area contributed by atoms with E-state index in [1.54, 1.807) is 12.1 Å². The third-order valence-electron chi connectivity index (χ3n) is 4.93. The van der Waals surface area contributed by atoms with Crippen LogP contribution in [0.25, 0.3) is 0 Å². The smallest absolute Gasteiger partial charge is 0.264 e. The molecule has 0 unspecified atom stereocenters. The molecular formula is C24H24ClFN2O3S2. The Balaban J connectivity index is 1.73. The van der Waals surface area contributed by atoms with E-state index in [1.165, 1.54) is 42.1 Å². The Bertz CT molecular complexity index is 1200. The molecule has 0 fully saturated rings. The van der Waals surface area contributed by atoms with E-state index in [9.17, 15) is 17.6 Å². The van der Waals surface area contributed by atoms with Gasteiger partial charge in [0.1, 0.15) is 12.4 Å². The Morgan fingerprint density at radius 2 is 1.79 bits per heavy atom. The van der Waals surface area contributed by atoms with Crippen molar-refractivity contribution in [2.75, 3.05) is 23.7 Å². The van der Waals surface area contributed by atoms with E-state index in [0.29, 0.717) is 24.4 Å². The highest BCUT2D eigenvalue weighted by Gasteiger charge is 2.27. The molecule has 0 aliphatic carbocycles. The summed E-state index contributed by atoms with van der Waals surface area (Å²) in [5.74, 6) is -1.08. The molecule has 5 nitrogen and oxygen atoms in total. The highest BCUT2D eigenvalue weighted by molar-refractivity contribution is 7.98. The van der Waals surface area contributed by atoms with Crippen LogP contribution in [0.2, 0.25) is 5.02 Å². The van der Waals surface area contributed by atoms with Crippen molar-refractivity contribution in [3.05, 3.63) is 89.2 Å². The lowest BCUT2D eigenvalue weighted by atomic mass is 10.1. The quantitative estimate of drug-likeness (QED) is 0.305. The van der Waals surface area contributed by atoms with E-state index in [1.807, 2.05) is 30.5 Å². The molecule has 3 aromatic rings. The molecule has 174 valence electrons.